The van der Waals surface area contributed by atoms with E-state index < -0.39 is 0 Å². The summed E-state index contributed by atoms with van der Waals surface area (Å²) in [5.41, 5.74) is 5.22. The lowest BCUT2D eigenvalue weighted by Crippen LogP contribution is -2.38. The van der Waals surface area contributed by atoms with Crippen LogP contribution >= 0.6 is 0 Å². The fourth-order valence-electron chi connectivity index (χ4n) is 4.38. The van der Waals surface area contributed by atoms with E-state index >= 15 is 0 Å². The van der Waals surface area contributed by atoms with Crippen LogP contribution in [0.5, 0.6) is 23.0 Å². The van der Waals surface area contributed by atoms with Crippen LogP contribution < -0.4 is 9.47 Å². The molecule has 0 radical (unpaired) electrons. The molecule has 4 rings (SSSR count). The Kier molecular flexibility index (Phi) is 4.04. The van der Waals surface area contributed by atoms with Crippen molar-refractivity contribution in [2.75, 3.05) is 27.3 Å². The van der Waals surface area contributed by atoms with Crippen molar-refractivity contribution in [3.8, 4) is 34.1 Å². The van der Waals surface area contributed by atoms with Crippen LogP contribution in [-0.4, -0.2) is 42.4 Å². The van der Waals surface area contributed by atoms with E-state index in [1.165, 1.54) is 12.7 Å². The zero-order valence-electron chi connectivity index (χ0n) is 15.1. The molecule has 2 aliphatic rings. The van der Waals surface area contributed by atoms with Gasteiger partial charge in [-0.05, 0) is 53.3 Å². The quantitative estimate of drug-likeness (QED) is 0.825. The fraction of sp³-hybridized carbons (Fsp3) is 0.333. The van der Waals surface area contributed by atoms with Crippen molar-refractivity contribution in [2.24, 2.45) is 0 Å². The van der Waals surface area contributed by atoms with E-state index in [0.717, 1.165) is 48.2 Å². The lowest BCUT2D eigenvalue weighted by molar-refractivity contribution is 0.202. The molecular weight excluding hydrogens is 330 g/mol. The maximum atomic E-state index is 10.5. The van der Waals surface area contributed by atoms with Crippen molar-refractivity contribution >= 4 is 0 Å². The SMILES string of the molecule is C=CCN1CCc2cc(O)c(OC)c3c2[C@@H]1Cc1cc(O)c(OC)cc1-3. The van der Waals surface area contributed by atoms with Gasteiger partial charge in [0, 0.05) is 24.7 Å². The molecule has 1 aliphatic carbocycles. The maximum Gasteiger partial charge on any atom is 0.168 e. The zero-order valence-corrected chi connectivity index (χ0v) is 15.1. The van der Waals surface area contributed by atoms with Crippen LogP contribution in [0.4, 0.5) is 0 Å². The predicted octanol–water partition coefficient (Wildman–Crippen LogP) is 3.42. The number of hydrogen-bond donors (Lipinski definition) is 2. The molecule has 0 fully saturated rings. The number of rotatable bonds is 4. The first-order chi connectivity index (χ1) is 12.6. The monoisotopic (exact) mass is 353 g/mol. The van der Waals surface area contributed by atoms with Crippen molar-refractivity contribution in [2.45, 2.75) is 18.9 Å². The number of phenols is 2. The van der Waals surface area contributed by atoms with E-state index in [-0.39, 0.29) is 17.5 Å². The Bertz CT molecular complexity index is 890. The van der Waals surface area contributed by atoms with Crippen molar-refractivity contribution < 1.29 is 19.7 Å². The predicted molar refractivity (Wildman–Crippen MR) is 100 cm³/mol. The molecular formula is C21H23NO4. The van der Waals surface area contributed by atoms with Crippen LogP contribution in [-0.2, 0) is 12.8 Å². The Balaban J connectivity index is 2.03. The second-order valence-corrected chi connectivity index (χ2v) is 6.81. The molecule has 1 heterocycles. The normalized spacial score (nSPS) is 18.0. The minimum absolute atomic E-state index is 0.125. The Morgan fingerprint density at radius 1 is 1.15 bits per heavy atom. The molecule has 0 saturated heterocycles. The van der Waals surface area contributed by atoms with Gasteiger partial charge in [-0.1, -0.05) is 6.08 Å². The first kappa shape index (κ1) is 16.8. The Morgan fingerprint density at radius 3 is 2.62 bits per heavy atom. The highest BCUT2D eigenvalue weighted by Crippen LogP contribution is 2.53. The van der Waals surface area contributed by atoms with E-state index in [0.29, 0.717) is 11.5 Å². The van der Waals surface area contributed by atoms with Crippen LogP contribution in [0.1, 0.15) is 22.7 Å². The number of ether oxygens (including phenoxy) is 2. The fourth-order valence-corrected chi connectivity index (χ4v) is 4.38. The second-order valence-electron chi connectivity index (χ2n) is 6.81. The van der Waals surface area contributed by atoms with Crippen LogP contribution in [0, 0.1) is 0 Å². The molecule has 0 spiro atoms. The summed E-state index contributed by atoms with van der Waals surface area (Å²) in [6, 6.07) is 5.60. The number of benzene rings is 2. The molecule has 26 heavy (non-hydrogen) atoms. The van der Waals surface area contributed by atoms with Gasteiger partial charge in [-0.25, -0.2) is 0 Å². The number of phenolic OH excluding ortho intramolecular Hbond substituents is 2. The summed E-state index contributed by atoms with van der Waals surface area (Å²) >= 11 is 0. The van der Waals surface area contributed by atoms with Gasteiger partial charge in [0.25, 0.3) is 0 Å². The van der Waals surface area contributed by atoms with Gasteiger partial charge < -0.3 is 19.7 Å². The van der Waals surface area contributed by atoms with Gasteiger partial charge in [-0.15, -0.1) is 6.58 Å². The van der Waals surface area contributed by atoms with Crippen molar-refractivity contribution in [3.05, 3.63) is 47.5 Å². The average molecular weight is 353 g/mol. The molecule has 0 bridgehead atoms. The molecule has 1 aliphatic heterocycles. The second kappa shape index (κ2) is 6.25. The van der Waals surface area contributed by atoms with Crippen LogP contribution in [0.25, 0.3) is 11.1 Å². The number of hydrogen-bond acceptors (Lipinski definition) is 5. The highest BCUT2D eigenvalue weighted by Gasteiger charge is 2.37. The first-order valence-corrected chi connectivity index (χ1v) is 8.77. The largest absolute Gasteiger partial charge is 0.504 e. The van der Waals surface area contributed by atoms with Gasteiger partial charge in [0.1, 0.15) is 0 Å². The third kappa shape index (κ3) is 2.35. The lowest BCUT2D eigenvalue weighted by Gasteiger charge is -2.42. The third-order valence-corrected chi connectivity index (χ3v) is 5.48. The molecule has 0 aromatic heterocycles. The molecule has 1 atom stereocenters. The van der Waals surface area contributed by atoms with Gasteiger partial charge in [0.15, 0.2) is 23.0 Å². The molecule has 136 valence electrons. The summed E-state index contributed by atoms with van der Waals surface area (Å²) < 4.78 is 10.9. The minimum atomic E-state index is 0.125. The topological polar surface area (TPSA) is 62.2 Å². The number of methoxy groups -OCH3 is 2. The Morgan fingerprint density at radius 2 is 1.92 bits per heavy atom. The molecule has 0 saturated carbocycles. The van der Waals surface area contributed by atoms with Crippen LogP contribution in [0.15, 0.2) is 30.9 Å². The Labute approximate surface area is 153 Å². The van der Waals surface area contributed by atoms with Gasteiger partial charge >= 0.3 is 0 Å². The van der Waals surface area contributed by atoms with E-state index in [1.807, 2.05) is 18.2 Å². The third-order valence-electron chi connectivity index (χ3n) is 5.48. The van der Waals surface area contributed by atoms with Gasteiger partial charge in [0.2, 0.25) is 0 Å². The molecule has 0 unspecified atom stereocenters. The number of nitrogens with zero attached hydrogens (tertiary/aromatic N) is 1. The summed E-state index contributed by atoms with van der Waals surface area (Å²) in [5, 5.41) is 20.8. The van der Waals surface area contributed by atoms with Crippen molar-refractivity contribution in [1.82, 2.24) is 4.90 Å². The minimum Gasteiger partial charge on any atom is -0.504 e. The highest BCUT2D eigenvalue weighted by atomic mass is 16.5. The summed E-state index contributed by atoms with van der Waals surface area (Å²) in [5.74, 6) is 1.17. The Hall–Kier alpha value is -2.66. The maximum absolute atomic E-state index is 10.5. The summed E-state index contributed by atoms with van der Waals surface area (Å²) in [4.78, 5) is 2.39. The molecule has 5 heteroatoms. The summed E-state index contributed by atoms with van der Waals surface area (Å²) in [7, 11) is 3.11. The molecule has 5 nitrogen and oxygen atoms in total. The average Bonchev–Trinajstić information content (AvgIpc) is 2.63. The highest BCUT2D eigenvalue weighted by molar-refractivity contribution is 5.84. The molecule has 2 N–H and O–H groups in total. The summed E-state index contributed by atoms with van der Waals surface area (Å²) in [6.07, 6.45) is 3.58. The van der Waals surface area contributed by atoms with Gasteiger partial charge in [-0.3, -0.25) is 4.90 Å². The number of fused-ring (bicyclic) bond motifs is 2. The smallest absolute Gasteiger partial charge is 0.168 e. The molecule has 0 amide bonds. The van der Waals surface area contributed by atoms with E-state index in [9.17, 15) is 10.2 Å². The first-order valence-electron chi connectivity index (χ1n) is 8.77. The van der Waals surface area contributed by atoms with E-state index in [1.54, 1.807) is 13.2 Å². The van der Waals surface area contributed by atoms with Gasteiger partial charge in [-0.2, -0.15) is 0 Å². The molecule has 2 aromatic carbocycles. The van der Waals surface area contributed by atoms with Crippen LogP contribution in [0.2, 0.25) is 0 Å². The van der Waals surface area contributed by atoms with E-state index in [4.69, 9.17) is 9.47 Å². The van der Waals surface area contributed by atoms with Crippen LogP contribution in [0.3, 0.4) is 0 Å². The standard InChI is InChI=1S/C21H23NO4/c1-4-6-22-7-5-12-9-17(24)21(26-3)20-14-11-18(25-2)16(23)10-13(14)8-15(22)19(12)20/h4,9-11,15,23-24H,1,5-8H2,2-3H3/t15-/m0/s1. The lowest BCUT2D eigenvalue weighted by atomic mass is 9.76. The van der Waals surface area contributed by atoms with Crippen molar-refractivity contribution in [3.63, 3.8) is 0 Å². The van der Waals surface area contributed by atoms with Crippen molar-refractivity contribution in [1.29, 1.82) is 0 Å². The van der Waals surface area contributed by atoms with E-state index in [2.05, 4.69) is 11.5 Å². The zero-order chi connectivity index (χ0) is 18.4. The summed E-state index contributed by atoms with van der Waals surface area (Å²) in [6.45, 7) is 5.59. The number of aromatic hydroxyl groups is 2. The van der Waals surface area contributed by atoms with Gasteiger partial charge in [0.05, 0.1) is 14.2 Å². The molecule has 2 aromatic rings.